The first-order chi connectivity index (χ1) is 7.46. The summed E-state index contributed by atoms with van der Waals surface area (Å²) in [5.74, 6) is -0.182. The number of H-pyrrole nitrogens is 1. The van der Waals surface area contributed by atoms with Crippen molar-refractivity contribution in [2.45, 2.75) is 13.3 Å². The fourth-order valence-electron chi connectivity index (χ4n) is 0.975. The number of nitrogen functional groups attached to an aromatic ring is 1. The van der Waals surface area contributed by atoms with Gasteiger partial charge in [0.2, 0.25) is 0 Å². The summed E-state index contributed by atoms with van der Waals surface area (Å²) in [6.07, 6.45) is 1.96. The molecule has 0 radical (unpaired) electrons. The van der Waals surface area contributed by atoms with E-state index >= 15 is 0 Å². The van der Waals surface area contributed by atoms with E-state index in [0.29, 0.717) is 13.0 Å². The van der Waals surface area contributed by atoms with Crippen LogP contribution in [0.25, 0.3) is 0 Å². The number of hydrogen-bond donors (Lipinski definition) is 5. The number of nitrogens with zero attached hydrogens (tertiary/aromatic N) is 1. The highest BCUT2D eigenvalue weighted by Crippen LogP contribution is 2.10. The highest BCUT2D eigenvalue weighted by Gasteiger charge is 2.14. The van der Waals surface area contributed by atoms with Crippen LogP contribution in [0.4, 0.5) is 5.82 Å². The lowest BCUT2D eigenvalue weighted by molar-refractivity contribution is 0.586. The minimum absolute atomic E-state index is 0.0797. The van der Waals surface area contributed by atoms with Crippen LogP contribution in [0, 0.1) is 5.41 Å². The number of aromatic amines is 1. The van der Waals surface area contributed by atoms with Crippen LogP contribution in [0.1, 0.15) is 18.9 Å². The van der Waals surface area contributed by atoms with Gasteiger partial charge in [0.25, 0.3) is 10.2 Å². The van der Waals surface area contributed by atoms with Crippen molar-refractivity contribution in [2.75, 3.05) is 11.3 Å². The molecule has 1 rings (SSSR count). The van der Waals surface area contributed by atoms with Gasteiger partial charge < -0.3 is 5.73 Å². The van der Waals surface area contributed by atoms with Crippen molar-refractivity contribution in [2.24, 2.45) is 5.73 Å². The topological polar surface area (TPSA) is 137 Å². The van der Waals surface area contributed by atoms with Crippen LogP contribution in [-0.4, -0.2) is 31.0 Å². The third-order valence-corrected chi connectivity index (χ3v) is 2.77. The zero-order valence-electron chi connectivity index (χ0n) is 8.74. The molecule has 0 amide bonds. The first-order valence-corrected chi connectivity index (χ1v) is 6.09. The van der Waals surface area contributed by atoms with Gasteiger partial charge in [-0.05, 0) is 6.42 Å². The lowest BCUT2D eigenvalue weighted by Gasteiger charge is -2.07. The van der Waals surface area contributed by atoms with Crippen molar-refractivity contribution in [1.29, 1.82) is 5.41 Å². The fourth-order valence-corrected chi connectivity index (χ4v) is 1.94. The molecule has 0 aliphatic heterocycles. The number of amidine groups is 1. The Morgan fingerprint density at radius 1 is 1.69 bits per heavy atom. The van der Waals surface area contributed by atoms with Crippen molar-refractivity contribution in [3.8, 4) is 0 Å². The Labute approximate surface area is 93.3 Å². The molecule has 6 N–H and O–H groups in total. The van der Waals surface area contributed by atoms with Crippen molar-refractivity contribution in [3.05, 3.63) is 11.8 Å². The molecule has 0 saturated carbocycles. The summed E-state index contributed by atoms with van der Waals surface area (Å²) in [5.41, 5.74) is 5.46. The Balaban J connectivity index is 2.80. The molecule has 0 atom stereocenters. The summed E-state index contributed by atoms with van der Waals surface area (Å²) in [6, 6.07) is 0. The molecular formula is C7H14N6O2S. The average molecular weight is 246 g/mol. The van der Waals surface area contributed by atoms with Gasteiger partial charge in [-0.2, -0.15) is 18.2 Å². The first-order valence-electron chi connectivity index (χ1n) is 4.61. The van der Waals surface area contributed by atoms with E-state index in [1.807, 2.05) is 6.92 Å². The van der Waals surface area contributed by atoms with Crippen LogP contribution in [0.2, 0.25) is 0 Å². The van der Waals surface area contributed by atoms with Crippen molar-refractivity contribution in [3.63, 3.8) is 0 Å². The Bertz CT molecular complexity index is 465. The second-order valence-corrected chi connectivity index (χ2v) is 4.57. The number of aromatic nitrogens is 2. The molecular weight excluding hydrogens is 232 g/mol. The fraction of sp³-hybridized carbons (Fsp3) is 0.429. The molecule has 0 bridgehead atoms. The van der Waals surface area contributed by atoms with E-state index in [2.05, 4.69) is 19.6 Å². The summed E-state index contributed by atoms with van der Waals surface area (Å²) in [4.78, 5) is 0. The average Bonchev–Trinajstić information content (AvgIpc) is 2.62. The van der Waals surface area contributed by atoms with Crippen LogP contribution in [0.3, 0.4) is 0 Å². The summed E-state index contributed by atoms with van der Waals surface area (Å²) in [5, 5.41) is 13.2. The maximum Gasteiger partial charge on any atom is 0.300 e. The van der Waals surface area contributed by atoms with E-state index < -0.39 is 10.2 Å². The third kappa shape index (κ3) is 3.21. The quantitative estimate of drug-likeness (QED) is 0.336. The Kier molecular flexibility index (Phi) is 3.85. The van der Waals surface area contributed by atoms with E-state index in [1.54, 1.807) is 0 Å². The molecule has 0 aliphatic rings. The zero-order chi connectivity index (χ0) is 12.2. The number of nitrogens with one attached hydrogen (secondary N) is 4. The molecule has 0 aromatic carbocycles. The Morgan fingerprint density at radius 3 is 2.94 bits per heavy atom. The zero-order valence-corrected chi connectivity index (χ0v) is 9.56. The standard InChI is InChI=1S/C7H14N6O2S/c1-2-3-11-16(14,15)13-7-5(6(8)9)4-10-12-7/h4,11H,2-3H2,1H3,(H3,8,9)(H2,10,12,13). The largest absolute Gasteiger partial charge is 0.384 e. The lowest BCUT2D eigenvalue weighted by atomic mass is 10.3. The van der Waals surface area contributed by atoms with E-state index in [4.69, 9.17) is 11.1 Å². The number of hydrogen-bond acceptors (Lipinski definition) is 4. The summed E-state index contributed by atoms with van der Waals surface area (Å²) < 4.78 is 27.4. The van der Waals surface area contributed by atoms with Gasteiger partial charge in [-0.3, -0.25) is 15.2 Å². The van der Waals surface area contributed by atoms with E-state index in [0.717, 1.165) is 0 Å². The third-order valence-electron chi connectivity index (χ3n) is 1.71. The summed E-state index contributed by atoms with van der Waals surface area (Å²) in [7, 11) is -3.65. The van der Waals surface area contributed by atoms with Crippen LogP contribution in [-0.2, 0) is 10.2 Å². The number of nitrogens with two attached hydrogens (primary N) is 1. The van der Waals surface area contributed by atoms with Gasteiger partial charge in [0.05, 0.1) is 11.8 Å². The van der Waals surface area contributed by atoms with E-state index in [1.165, 1.54) is 6.20 Å². The first kappa shape index (κ1) is 12.5. The van der Waals surface area contributed by atoms with Gasteiger partial charge in [0.1, 0.15) is 11.7 Å². The predicted molar refractivity (Wildman–Crippen MR) is 60.4 cm³/mol. The van der Waals surface area contributed by atoms with Gasteiger partial charge in [-0.15, -0.1) is 0 Å². The van der Waals surface area contributed by atoms with Gasteiger partial charge in [0, 0.05) is 6.54 Å². The minimum Gasteiger partial charge on any atom is -0.384 e. The molecule has 1 aromatic rings. The lowest BCUT2D eigenvalue weighted by Crippen LogP contribution is -2.31. The van der Waals surface area contributed by atoms with Crippen LogP contribution in [0.15, 0.2) is 6.20 Å². The van der Waals surface area contributed by atoms with Gasteiger partial charge in [-0.25, -0.2) is 0 Å². The van der Waals surface area contributed by atoms with E-state index in [-0.39, 0.29) is 17.2 Å². The number of rotatable bonds is 6. The molecule has 1 aromatic heterocycles. The molecule has 90 valence electrons. The minimum atomic E-state index is -3.65. The van der Waals surface area contributed by atoms with Crippen LogP contribution < -0.4 is 15.2 Å². The summed E-state index contributed by atoms with van der Waals surface area (Å²) in [6.45, 7) is 2.18. The van der Waals surface area contributed by atoms with E-state index in [9.17, 15) is 8.42 Å². The molecule has 8 nitrogen and oxygen atoms in total. The van der Waals surface area contributed by atoms with Gasteiger partial charge in [-0.1, -0.05) is 6.92 Å². The van der Waals surface area contributed by atoms with Crippen LogP contribution in [0.5, 0.6) is 0 Å². The second kappa shape index (κ2) is 4.94. The van der Waals surface area contributed by atoms with Crippen molar-refractivity contribution < 1.29 is 8.42 Å². The van der Waals surface area contributed by atoms with Crippen molar-refractivity contribution in [1.82, 2.24) is 14.9 Å². The SMILES string of the molecule is CCCNS(=O)(=O)Nc1[nH]ncc1C(=N)N. The molecule has 9 heteroatoms. The van der Waals surface area contributed by atoms with Gasteiger partial charge >= 0.3 is 0 Å². The Hall–Kier alpha value is -1.61. The monoisotopic (exact) mass is 246 g/mol. The second-order valence-electron chi connectivity index (χ2n) is 3.07. The molecule has 0 spiro atoms. The van der Waals surface area contributed by atoms with Crippen LogP contribution >= 0.6 is 0 Å². The van der Waals surface area contributed by atoms with Crippen molar-refractivity contribution >= 4 is 21.9 Å². The highest BCUT2D eigenvalue weighted by molar-refractivity contribution is 7.90. The highest BCUT2D eigenvalue weighted by atomic mass is 32.2. The molecule has 0 aliphatic carbocycles. The smallest absolute Gasteiger partial charge is 0.300 e. The number of anilines is 1. The maximum atomic E-state index is 11.5. The van der Waals surface area contributed by atoms with Gasteiger partial charge in [0.15, 0.2) is 0 Å². The maximum absolute atomic E-state index is 11.5. The normalized spacial score (nSPS) is 11.3. The molecule has 0 unspecified atom stereocenters. The predicted octanol–water partition coefficient (Wildman–Crippen LogP) is -0.650. The molecule has 0 saturated heterocycles. The molecule has 16 heavy (non-hydrogen) atoms. The Morgan fingerprint density at radius 2 is 2.38 bits per heavy atom. The molecule has 0 fully saturated rings. The molecule has 1 heterocycles. The summed E-state index contributed by atoms with van der Waals surface area (Å²) >= 11 is 0.